The molecular formula is C9H16N6O2. The van der Waals surface area contributed by atoms with Crippen LogP contribution in [0.1, 0.15) is 25.2 Å². The molecule has 1 fully saturated rings. The van der Waals surface area contributed by atoms with Gasteiger partial charge in [0.1, 0.15) is 0 Å². The first-order chi connectivity index (χ1) is 8.25. The Kier molecular flexibility index (Phi) is 3.99. The molecule has 0 aromatic carbocycles. The summed E-state index contributed by atoms with van der Waals surface area (Å²) in [6.45, 7) is 4.02. The van der Waals surface area contributed by atoms with Crippen molar-refractivity contribution in [3.8, 4) is 0 Å². The molecule has 1 aromatic heterocycles. The van der Waals surface area contributed by atoms with Crippen LogP contribution in [0, 0.1) is 0 Å². The largest absolute Gasteiger partial charge is 0.375 e. The minimum atomic E-state index is -0.252. The molecule has 0 saturated carbocycles. The van der Waals surface area contributed by atoms with E-state index in [2.05, 4.69) is 31.3 Å². The van der Waals surface area contributed by atoms with Crippen LogP contribution in [0.15, 0.2) is 0 Å². The predicted molar refractivity (Wildman–Crippen MR) is 58.0 cm³/mol. The number of tetrazole rings is 1. The Morgan fingerprint density at radius 3 is 3.24 bits per heavy atom. The van der Waals surface area contributed by atoms with E-state index in [9.17, 15) is 4.79 Å². The standard InChI is InChI=1S/C9H16N6O2/c1-6(9-12-14-15-13-9)11-8(16)4-7-5-10-2-3-17-7/h6-7,10H,2-5H2,1H3,(H,11,16)(H,12,13,14,15). The van der Waals surface area contributed by atoms with Gasteiger partial charge in [-0.1, -0.05) is 5.21 Å². The average Bonchev–Trinajstić information content (AvgIpc) is 2.83. The zero-order chi connectivity index (χ0) is 12.1. The lowest BCUT2D eigenvalue weighted by Crippen LogP contribution is -2.41. The molecule has 2 heterocycles. The predicted octanol–water partition coefficient (Wildman–Crippen LogP) is -1.24. The van der Waals surface area contributed by atoms with Gasteiger partial charge in [0.15, 0.2) is 5.82 Å². The monoisotopic (exact) mass is 240 g/mol. The van der Waals surface area contributed by atoms with Crippen molar-refractivity contribution >= 4 is 5.91 Å². The molecule has 0 spiro atoms. The summed E-state index contributed by atoms with van der Waals surface area (Å²) in [5.74, 6) is 0.400. The Balaban J connectivity index is 1.76. The number of nitrogens with zero attached hydrogens (tertiary/aromatic N) is 3. The number of ether oxygens (including phenoxy) is 1. The molecule has 8 nitrogen and oxygen atoms in total. The fraction of sp³-hybridized carbons (Fsp3) is 0.778. The summed E-state index contributed by atoms with van der Waals surface area (Å²) >= 11 is 0. The van der Waals surface area contributed by atoms with E-state index in [0.29, 0.717) is 25.4 Å². The number of morpholine rings is 1. The molecule has 8 heteroatoms. The highest BCUT2D eigenvalue weighted by atomic mass is 16.5. The van der Waals surface area contributed by atoms with E-state index in [1.54, 1.807) is 0 Å². The van der Waals surface area contributed by atoms with Crippen LogP contribution in [-0.2, 0) is 9.53 Å². The maximum absolute atomic E-state index is 11.7. The number of aromatic nitrogens is 4. The number of hydrogen-bond donors (Lipinski definition) is 3. The van der Waals surface area contributed by atoms with Crippen molar-refractivity contribution in [2.75, 3.05) is 19.7 Å². The number of aromatic amines is 1. The zero-order valence-corrected chi connectivity index (χ0v) is 9.64. The normalized spacial score (nSPS) is 22.1. The van der Waals surface area contributed by atoms with Gasteiger partial charge in [-0.05, 0) is 6.92 Å². The van der Waals surface area contributed by atoms with Crippen molar-refractivity contribution in [2.45, 2.75) is 25.5 Å². The molecule has 0 radical (unpaired) electrons. The molecule has 1 amide bonds. The van der Waals surface area contributed by atoms with E-state index < -0.39 is 0 Å². The van der Waals surface area contributed by atoms with Crippen molar-refractivity contribution in [1.82, 2.24) is 31.3 Å². The first-order valence-corrected chi connectivity index (χ1v) is 5.60. The SMILES string of the molecule is CC(NC(=O)CC1CNCCO1)c1nn[nH]n1. The summed E-state index contributed by atoms with van der Waals surface area (Å²) in [7, 11) is 0. The first-order valence-electron chi connectivity index (χ1n) is 5.60. The van der Waals surface area contributed by atoms with Gasteiger partial charge in [-0.25, -0.2) is 0 Å². The van der Waals surface area contributed by atoms with E-state index in [0.717, 1.165) is 6.54 Å². The summed E-state index contributed by atoms with van der Waals surface area (Å²) in [4.78, 5) is 11.7. The highest BCUT2D eigenvalue weighted by molar-refractivity contribution is 5.76. The van der Waals surface area contributed by atoms with Crippen LogP contribution in [-0.4, -0.2) is 52.3 Å². The van der Waals surface area contributed by atoms with Gasteiger partial charge in [-0.2, -0.15) is 5.21 Å². The Hall–Kier alpha value is -1.54. The number of H-pyrrole nitrogens is 1. The summed E-state index contributed by atoms with van der Waals surface area (Å²) in [6, 6.07) is -0.252. The smallest absolute Gasteiger partial charge is 0.223 e. The third-order valence-corrected chi connectivity index (χ3v) is 2.54. The van der Waals surface area contributed by atoms with Crippen molar-refractivity contribution in [3.63, 3.8) is 0 Å². The van der Waals surface area contributed by atoms with E-state index in [1.807, 2.05) is 6.92 Å². The van der Waals surface area contributed by atoms with Gasteiger partial charge >= 0.3 is 0 Å². The number of carbonyl (C=O) groups is 1. The molecule has 0 bridgehead atoms. The van der Waals surface area contributed by atoms with E-state index in [4.69, 9.17) is 4.74 Å². The van der Waals surface area contributed by atoms with Crippen LogP contribution in [0.2, 0.25) is 0 Å². The number of hydrogen-bond acceptors (Lipinski definition) is 6. The summed E-state index contributed by atoms with van der Waals surface area (Å²) < 4.78 is 5.45. The van der Waals surface area contributed by atoms with Gasteiger partial charge in [0, 0.05) is 13.1 Å². The van der Waals surface area contributed by atoms with Crippen LogP contribution in [0.25, 0.3) is 0 Å². The Bertz CT molecular complexity index is 348. The highest BCUT2D eigenvalue weighted by Crippen LogP contribution is 2.06. The molecule has 1 aromatic rings. The maximum atomic E-state index is 11.7. The first kappa shape index (κ1) is 11.9. The topological polar surface area (TPSA) is 105 Å². The molecule has 17 heavy (non-hydrogen) atoms. The Morgan fingerprint density at radius 2 is 2.59 bits per heavy atom. The molecule has 2 atom stereocenters. The number of rotatable bonds is 4. The highest BCUT2D eigenvalue weighted by Gasteiger charge is 2.19. The minimum absolute atomic E-state index is 0.0544. The Morgan fingerprint density at radius 1 is 1.71 bits per heavy atom. The third kappa shape index (κ3) is 3.46. The van der Waals surface area contributed by atoms with Crippen molar-refractivity contribution in [3.05, 3.63) is 5.82 Å². The fourth-order valence-corrected chi connectivity index (χ4v) is 1.68. The van der Waals surface area contributed by atoms with Crippen LogP contribution in [0.5, 0.6) is 0 Å². The van der Waals surface area contributed by atoms with Crippen LogP contribution in [0.3, 0.4) is 0 Å². The quantitative estimate of drug-likeness (QED) is 0.607. The third-order valence-electron chi connectivity index (χ3n) is 2.54. The molecule has 2 unspecified atom stereocenters. The minimum Gasteiger partial charge on any atom is -0.375 e. The van der Waals surface area contributed by atoms with Gasteiger partial charge in [0.05, 0.1) is 25.2 Å². The van der Waals surface area contributed by atoms with E-state index in [1.165, 1.54) is 0 Å². The van der Waals surface area contributed by atoms with Crippen molar-refractivity contribution in [1.29, 1.82) is 0 Å². The molecule has 94 valence electrons. The van der Waals surface area contributed by atoms with Crippen LogP contribution >= 0.6 is 0 Å². The second kappa shape index (κ2) is 5.69. The lowest BCUT2D eigenvalue weighted by atomic mass is 10.2. The average molecular weight is 240 g/mol. The lowest BCUT2D eigenvalue weighted by molar-refractivity contribution is -0.125. The van der Waals surface area contributed by atoms with Gasteiger partial charge in [-0.15, -0.1) is 10.2 Å². The summed E-state index contributed by atoms with van der Waals surface area (Å²) in [6.07, 6.45) is 0.288. The molecule has 0 aliphatic carbocycles. The maximum Gasteiger partial charge on any atom is 0.223 e. The fourth-order valence-electron chi connectivity index (χ4n) is 1.68. The van der Waals surface area contributed by atoms with Crippen molar-refractivity contribution < 1.29 is 9.53 Å². The summed E-state index contributed by atoms with van der Waals surface area (Å²) in [5.41, 5.74) is 0. The van der Waals surface area contributed by atoms with Crippen molar-refractivity contribution in [2.24, 2.45) is 0 Å². The van der Waals surface area contributed by atoms with Crippen LogP contribution < -0.4 is 10.6 Å². The van der Waals surface area contributed by atoms with E-state index >= 15 is 0 Å². The number of carbonyl (C=O) groups excluding carboxylic acids is 1. The number of amides is 1. The van der Waals surface area contributed by atoms with Gasteiger partial charge in [-0.3, -0.25) is 4.79 Å². The number of nitrogens with one attached hydrogen (secondary N) is 3. The van der Waals surface area contributed by atoms with Gasteiger partial charge in [0.25, 0.3) is 0 Å². The molecule has 3 N–H and O–H groups in total. The molecule has 1 aliphatic rings. The molecule has 1 saturated heterocycles. The van der Waals surface area contributed by atoms with E-state index in [-0.39, 0.29) is 18.1 Å². The van der Waals surface area contributed by atoms with Gasteiger partial charge in [0.2, 0.25) is 5.91 Å². The molecule has 1 aliphatic heterocycles. The summed E-state index contributed by atoms with van der Waals surface area (Å²) in [5, 5.41) is 19.4. The second-order valence-electron chi connectivity index (χ2n) is 3.96. The molecular weight excluding hydrogens is 224 g/mol. The molecule has 2 rings (SSSR count). The second-order valence-corrected chi connectivity index (χ2v) is 3.96. The Labute approximate surface area is 98.5 Å². The van der Waals surface area contributed by atoms with Crippen LogP contribution in [0.4, 0.5) is 0 Å². The lowest BCUT2D eigenvalue weighted by Gasteiger charge is -2.23. The zero-order valence-electron chi connectivity index (χ0n) is 9.64. The van der Waals surface area contributed by atoms with Gasteiger partial charge < -0.3 is 15.4 Å².